The standard InChI is InChI=1S/C22H28ClN5O4/c1-2-3-7-13-27-18-17(25-20(23)26-18)19(29)28(22(27)31)14-8-15-32-21(30)24-12-11-16-9-5-4-6-10-16/h4-6,9-10H,2-3,7-8,11-15H2,1H3,(H,24,30)(H,25,26). The van der Waals surface area contributed by atoms with Gasteiger partial charge in [-0.1, -0.05) is 50.1 Å². The first-order valence-corrected chi connectivity index (χ1v) is 11.2. The van der Waals surface area contributed by atoms with Crippen molar-refractivity contribution in [1.82, 2.24) is 24.4 Å². The van der Waals surface area contributed by atoms with Crippen LogP contribution in [0.15, 0.2) is 39.9 Å². The number of rotatable bonds is 11. The monoisotopic (exact) mass is 461 g/mol. The topological polar surface area (TPSA) is 111 Å². The van der Waals surface area contributed by atoms with Gasteiger partial charge in [-0.2, -0.15) is 4.98 Å². The molecule has 0 aliphatic heterocycles. The second-order valence-corrected chi connectivity index (χ2v) is 7.83. The van der Waals surface area contributed by atoms with Gasteiger partial charge in [-0.15, -0.1) is 0 Å². The zero-order chi connectivity index (χ0) is 22.9. The molecule has 3 aromatic rings. The summed E-state index contributed by atoms with van der Waals surface area (Å²) in [6.45, 7) is 3.19. The Kier molecular flexibility index (Phi) is 8.49. The van der Waals surface area contributed by atoms with Crippen LogP contribution in [-0.4, -0.2) is 38.3 Å². The van der Waals surface area contributed by atoms with Crippen LogP contribution in [-0.2, 0) is 24.2 Å². The quantitative estimate of drug-likeness (QED) is 0.336. The number of fused-ring (bicyclic) bond motifs is 1. The van der Waals surface area contributed by atoms with E-state index in [1.54, 1.807) is 0 Å². The highest BCUT2D eigenvalue weighted by Crippen LogP contribution is 2.11. The molecule has 0 atom stereocenters. The molecule has 172 valence electrons. The van der Waals surface area contributed by atoms with Crippen LogP contribution in [0.2, 0.25) is 5.28 Å². The SMILES string of the molecule is CCCCCn1c(=O)n(CCCOC(=O)NCCc2ccccc2)c(=O)c2[nH]c(Cl)nc21. The molecule has 0 radical (unpaired) electrons. The van der Waals surface area contributed by atoms with Crippen molar-refractivity contribution in [1.29, 1.82) is 0 Å². The Bertz CT molecular complexity index is 1150. The molecule has 10 heteroatoms. The predicted molar refractivity (Wildman–Crippen MR) is 123 cm³/mol. The fraction of sp³-hybridized carbons (Fsp3) is 0.455. The number of benzene rings is 1. The molecule has 0 fully saturated rings. The molecule has 2 aromatic heterocycles. The Balaban J connectivity index is 1.56. The van der Waals surface area contributed by atoms with Gasteiger partial charge in [0.1, 0.15) is 0 Å². The lowest BCUT2D eigenvalue weighted by Crippen LogP contribution is -2.40. The first-order valence-electron chi connectivity index (χ1n) is 10.8. The third-order valence-corrected chi connectivity index (χ3v) is 5.28. The summed E-state index contributed by atoms with van der Waals surface area (Å²) >= 11 is 5.94. The van der Waals surface area contributed by atoms with Crippen LogP contribution in [0.1, 0.15) is 38.2 Å². The van der Waals surface area contributed by atoms with Gasteiger partial charge in [0.05, 0.1) is 6.61 Å². The van der Waals surface area contributed by atoms with E-state index in [-0.39, 0.29) is 29.6 Å². The molecular formula is C22H28ClN5O4. The van der Waals surface area contributed by atoms with Crippen LogP contribution in [0, 0.1) is 0 Å². The number of hydrogen-bond acceptors (Lipinski definition) is 5. The van der Waals surface area contributed by atoms with Crippen LogP contribution in [0.3, 0.4) is 0 Å². The number of alkyl carbamates (subject to hydrolysis) is 1. The number of carbonyl (C=O) groups excluding carboxylic acids is 1. The third kappa shape index (κ3) is 6.00. The number of amides is 1. The second-order valence-electron chi connectivity index (χ2n) is 7.48. The minimum Gasteiger partial charge on any atom is -0.449 e. The predicted octanol–water partition coefficient (Wildman–Crippen LogP) is 3.09. The Hall–Kier alpha value is -3.07. The van der Waals surface area contributed by atoms with E-state index >= 15 is 0 Å². The molecule has 0 unspecified atom stereocenters. The Labute approximate surface area is 190 Å². The van der Waals surface area contributed by atoms with E-state index in [0.29, 0.717) is 25.9 Å². The summed E-state index contributed by atoms with van der Waals surface area (Å²) in [5.41, 5.74) is 0.672. The summed E-state index contributed by atoms with van der Waals surface area (Å²) in [7, 11) is 0. The highest BCUT2D eigenvalue weighted by atomic mass is 35.5. The number of halogens is 1. The summed E-state index contributed by atoms with van der Waals surface area (Å²) in [6.07, 6.45) is 3.25. The molecule has 2 N–H and O–H groups in total. The first-order chi connectivity index (χ1) is 15.5. The number of unbranched alkanes of at least 4 members (excludes halogenated alkanes) is 2. The molecule has 0 saturated heterocycles. The fourth-order valence-corrected chi connectivity index (χ4v) is 3.62. The van der Waals surface area contributed by atoms with Gasteiger partial charge < -0.3 is 15.0 Å². The molecule has 3 rings (SSSR count). The number of ether oxygens (including phenoxy) is 1. The average molecular weight is 462 g/mol. The van der Waals surface area contributed by atoms with Crippen molar-refractivity contribution in [2.75, 3.05) is 13.2 Å². The lowest BCUT2D eigenvalue weighted by atomic mass is 10.1. The van der Waals surface area contributed by atoms with Crippen LogP contribution in [0.5, 0.6) is 0 Å². The smallest absolute Gasteiger partial charge is 0.407 e. The van der Waals surface area contributed by atoms with E-state index in [9.17, 15) is 14.4 Å². The van der Waals surface area contributed by atoms with Crippen LogP contribution < -0.4 is 16.6 Å². The minimum absolute atomic E-state index is 0.0639. The maximum atomic E-state index is 12.9. The number of hydrogen-bond donors (Lipinski definition) is 2. The minimum atomic E-state index is -0.527. The largest absolute Gasteiger partial charge is 0.449 e. The van der Waals surface area contributed by atoms with Crippen LogP contribution >= 0.6 is 11.6 Å². The molecule has 0 spiro atoms. The Morgan fingerprint density at radius 1 is 1.12 bits per heavy atom. The van der Waals surface area contributed by atoms with Gasteiger partial charge in [0.2, 0.25) is 5.28 Å². The maximum absolute atomic E-state index is 12.9. The molecular weight excluding hydrogens is 434 g/mol. The van der Waals surface area contributed by atoms with E-state index in [1.807, 2.05) is 30.3 Å². The number of aromatic amines is 1. The van der Waals surface area contributed by atoms with Gasteiger partial charge in [0.15, 0.2) is 11.2 Å². The van der Waals surface area contributed by atoms with E-state index in [1.165, 1.54) is 4.57 Å². The van der Waals surface area contributed by atoms with Gasteiger partial charge in [0.25, 0.3) is 5.56 Å². The number of carbonyl (C=O) groups is 1. The maximum Gasteiger partial charge on any atom is 0.407 e. The Morgan fingerprint density at radius 2 is 1.88 bits per heavy atom. The van der Waals surface area contributed by atoms with E-state index in [0.717, 1.165) is 29.4 Å². The third-order valence-electron chi connectivity index (χ3n) is 5.10. The number of aromatic nitrogens is 4. The number of imidazole rings is 1. The van der Waals surface area contributed by atoms with Gasteiger partial charge >= 0.3 is 11.8 Å². The van der Waals surface area contributed by atoms with Crippen molar-refractivity contribution in [3.63, 3.8) is 0 Å². The molecule has 0 aliphatic carbocycles. The summed E-state index contributed by atoms with van der Waals surface area (Å²) in [5, 5.41) is 2.76. The zero-order valence-electron chi connectivity index (χ0n) is 18.1. The van der Waals surface area contributed by atoms with Gasteiger partial charge in [-0.3, -0.25) is 13.9 Å². The first kappa shape index (κ1) is 23.6. The van der Waals surface area contributed by atoms with Crippen molar-refractivity contribution < 1.29 is 9.53 Å². The highest BCUT2D eigenvalue weighted by molar-refractivity contribution is 6.28. The van der Waals surface area contributed by atoms with Crippen molar-refractivity contribution in [2.24, 2.45) is 0 Å². The molecule has 1 aromatic carbocycles. The summed E-state index contributed by atoms with van der Waals surface area (Å²) in [5.74, 6) is 0. The van der Waals surface area contributed by atoms with Crippen molar-refractivity contribution in [3.8, 4) is 0 Å². The van der Waals surface area contributed by atoms with Gasteiger partial charge in [-0.25, -0.2) is 9.59 Å². The molecule has 9 nitrogen and oxygen atoms in total. The van der Waals surface area contributed by atoms with Crippen molar-refractivity contribution in [3.05, 3.63) is 62.0 Å². The summed E-state index contributed by atoms with van der Waals surface area (Å²) < 4.78 is 7.78. The second kappa shape index (κ2) is 11.5. The lowest BCUT2D eigenvalue weighted by molar-refractivity contribution is 0.143. The van der Waals surface area contributed by atoms with Crippen LogP contribution in [0.25, 0.3) is 11.2 Å². The molecule has 0 saturated carbocycles. The van der Waals surface area contributed by atoms with Crippen molar-refractivity contribution in [2.45, 2.75) is 52.1 Å². The summed E-state index contributed by atoms with van der Waals surface area (Å²) in [6, 6.07) is 9.81. The normalized spacial score (nSPS) is 11.1. The molecule has 32 heavy (non-hydrogen) atoms. The van der Waals surface area contributed by atoms with E-state index < -0.39 is 17.3 Å². The lowest BCUT2D eigenvalue weighted by Gasteiger charge is -2.11. The van der Waals surface area contributed by atoms with Gasteiger partial charge in [0, 0.05) is 19.6 Å². The molecule has 2 heterocycles. The number of aryl methyl sites for hydroxylation is 1. The van der Waals surface area contributed by atoms with Crippen molar-refractivity contribution >= 4 is 28.9 Å². The molecule has 0 bridgehead atoms. The van der Waals surface area contributed by atoms with Crippen LogP contribution in [0.4, 0.5) is 4.79 Å². The summed E-state index contributed by atoms with van der Waals surface area (Å²) in [4.78, 5) is 44.4. The van der Waals surface area contributed by atoms with E-state index in [4.69, 9.17) is 16.3 Å². The zero-order valence-corrected chi connectivity index (χ0v) is 18.9. The highest BCUT2D eigenvalue weighted by Gasteiger charge is 2.16. The van der Waals surface area contributed by atoms with E-state index in [2.05, 4.69) is 22.2 Å². The number of nitrogens with zero attached hydrogens (tertiary/aromatic N) is 3. The average Bonchev–Trinajstić information content (AvgIpc) is 3.18. The molecule has 1 amide bonds. The Morgan fingerprint density at radius 3 is 2.62 bits per heavy atom. The van der Waals surface area contributed by atoms with Gasteiger partial charge in [-0.05, 0) is 36.4 Å². The fourth-order valence-electron chi connectivity index (χ4n) is 3.45. The molecule has 0 aliphatic rings. The number of H-pyrrole nitrogens is 1. The number of nitrogens with one attached hydrogen (secondary N) is 2.